The smallest absolute Gasteiger partial charge is 0.282 e. The Morgan fingerprint density at radius 3 is 2.08 bits per heavy atom. The lowest BCUT2D eigenvalue weighted by molar-refractivity contribution is 0.483. The highest BCUT2D eigenvalue weighted by molar-refractivity contribution is 7.85. The van der Waals surface area contributed by atoms with Gasteiger partial charge in [0.2, 0.25) is 0 Å². The summed E-state index contributed by atoms with van der Waals surface area (Å²) in [6.07, 6.45) is 0. The second kappa shape index (κ2) is 4.09. The zero-order valence-electron chi connectivity index (χ0n) is 7.31. The lowest BCUT2D eigenvalue weighted by Gasteiger charge is -2.01. The average Bonchev–Trinajstić information content (AvgIpc) is 1.92. The summed E-state index contributed by atoms with van der Waals surface area (Å²) in [7, 11) is -4.04. The summed E-state index contributed by atoms with van der Waals surface area (Å²) in [5, 5.41) is 0. The van der Waals surface area contributed by atoms with Crippen molar-refractivity contribution in [3.63, 3.8) is 0 Å². The molecule has 74 valence electrons. The number of halogens is 1. The SMILES string of the molecule is Cc1ccc(S(=O)(=O)O)cc1C.Cl. The Bertz CT molecular complexity index is 398. The van der Waals surface area contributed by atoms with Gasteiger partial charge in [-0.15, -0.1) is 12.4 Å². The molecule has 0 aliphatic rings. The molecule has 0 heterocycles. The molecule has 3 nitrogen and oxygen atoms in total. The summed E-state index contributed by atoms with van der Waals surface area (Å²) in [6, 6.07) is 4.50. The highest BCUT2D eigenvalue weighted by atomic mass is 35.5. The molecule has 0 saturated carbocycles. The maximum atomic E-state index is 10.7. The van der Waals surface area contributed by atoms with Crippen molar-refractivity contribution in [1.29, 1.82) is 0 Å². The lowest BCUT2D eigenvalue weighted by atomic mass is 10.1. The van der Waals surface area contributed by atoms with Gasteiger partial charge in [0, 0.05) is 0 Å². The van der Waals surface area contributed by atoms with Crippen molar-refractivity contribution in [3.05, 3.63) is 29.3 Å². The number of hydrogen-bond acceptors (Lipinski definition) is 2. The van der Waals surface area contributed by atoms with Gasteiger partial charge in [0.05, 0.1) is 4.90 Å². The van der Waals surface area contributed by atoms with E-state index in [1.54, 1.807) is 13.0 Å². The van der Waals surface area contributed by atoms with Gasteiger partial charge in [0.25, 0.3) is 10.1 Å². The molecule has 0 spiro atoms. The molecule has 0 fully saturated rings. The minimum absolute atomic E-state index is 0. The van der Waals surface area contributed by atoms with Gasteiger partial charge in [-0.25, -0.2) is 0 Å². The van der Waals surface area contributed by atoms with Gasteiger partial charge in [0.1, 0.15) is 0 Å². The van der Waals surface area contributed by atoms with E-state index in [-0.39, 0.29) is 17.3 Å². The van der Waals surface area contributed by atoms with Crippen molar-refractivity contribution in [2.45, 2.75) is 18.7 Å². The second-order valence-corrected chi connectivity index (χ2v) is 4.14. The van der Waals surface area contributed by atoms with Crippen LogP contribution in [-0.2, 0) is 10.1 Å². The Balaban J connectivity index is 0.00000144. The molecular weight excluding hydrogens is 212 g/mol. The van der Waals surface area contributed by atoms with Crippen LogP contribution >= 0.6 is 12.4 Å². The van der Waals surface area contributed by atoms with Gasteiger partial charge in [0.15, 0.2) is 0 Å². The average molecular weight is 223 g/mol. The van der Waals surface area contributed by atoms with Crippen molar-refractivity contribution in [1.82, 2.24) is 0 Å². The van der Waals surface area contributed by atoms with Gasteiger partial charge >= 0.3 is 0 Å². The summed E-state index contributed by atoms with van der Waals surface area (Å²) in [6.45, 7) is 3.67. The highest BCUT2D eigenvalue weighted by Gasteiger charge is 2.08. The fraction of sp³-hybridized carbons (Fsp3) is 0.250. The van der Waals surface area contributed by atoms with Crippen LogP contribution in [0.3, 0.4) is 0 Å². The van der Waals surface area contributed by atoms with Gasteiger partial charge in [-0.1, -0.05) is 6.07 Å². The lowest BCUT2D eigenvalue weighted by Crippen LogP contribution is -1.98. The number of aryl methyl sites for hydroxylation is 2. The summed E-state index contributed by atoms with van der Waals surface area (Å²) < 4.78 is 30.0. The quantitative estimate of drug-likeness (QED) is 0.740. The molecule has 0 unspecified atom stereocenters. The van der Waals surface area contributed by atoms with E-state index in [1.165, 1.54) is 12.1 Å². The standard InChI is InChI=1S/C8H10O3S.ClH/c1-6-3-4-8(5-7(6)2)12(9,10)11;/h3-5H,1-2H3,(H,9,10,11);1H. The van der Waals surface area contributed by atoms with Crippen LogP contribution in [-0.4, -0.2) is 13.0 Å². The van der Waals surface area contributed by atoms with E-state index in [4.69, 9.17) is 4.55 Å². The van der Waals surface area contributed by atoms with Crippen molar-refractivity contribution < 1.29 is 13.0 Å². The molecule has 0 amide bonds. The predicted octanol–water partition coefficient (Wildman–Crippen LogP) is 1.97. The monoisotopic (exact) mass is 222 g/mol. The predicted molar refractivity (Wildman–Crippen MR) is 53.0 cm³/mol. The summed E-state index contributed by atoms with van der Waals surface area (Å²) in [5.41, 5.74) is 1.85. The van der Waals surface area contributed by atoms with Crippen LogP contribution in [0.1, 0.15) is 11.1 Å². The fourth-order valence-electron chi connectivity index (χ4n) is 0.874. The van der Waals surface area contributed by atoms with E-state index in [2.05, 4.69) is 0 Å². The largest absolute Gasteiger partial charge is 0.294 e. The number of benzene rings is 1. The molecule has 0 radical (unpaired) electrons. The van der Waals surface area contributed by atoms with Crippen molar-refractivity contribution >= 4 is 22.5 Å². The van der Waals surface area contributed by atoms with E-state index in [1.807, 2.05) is 6.92 Å². The van der Waals surface area contributed by atoms with E-state index in [0.717, 1.165) is 11.1 Å². The normalized spacial score (nSPS) is 10.7. The Hall–Kier alpha value is -0.580. The van der Waals surface area contributed by atoms with E-state index in [9.17, 15) is 8.42 Å². The molecule has 0 bridgehead atoms. The fourth-order valence-corrected chi connectivity index (χ4v) is 1.44. The molecule has 1 rings (SSSR count). The Kier molecular flexibility index (Phi) is 3.90. The third-order valence-corrected chi connectivity index (χ3v) is 2.63. The van der Waals surface area contributed by atoms with Gasteiger partial charge in [-0.2, -0.15) is 8.42 Å². The van der Waals surface area contributed by atoms with Crippen LogP contribution < -0.4 is 0 Å². The van der Waals surface area contributed by atoms with Crippen molar-refractivity contribution in [3.8, 4) is 0 Å². The van der Waals surface area contributed by atoms with Crippen LogP contribution in [0.15, 0.2) is 23.1 Å². The zero-order chi connectivity index (χ0) is 9.35. The first-order valence-corrected chi connectivity index (χ1v) is 4.90. The van der Waals surface area contributed by atoms with Gasteiger partial charge < -0.3 is 0 Å². The molecule has 1 aromatic rings. The van der Waals surface area contributed by atoms with Crippen LogP contribution in [0, 0.1) is 13.8 Å². The number of rotatable bonds is 1. The van der Waals surface area contributed by atoms with Gasteiger partial charge in [-0.3, -0.25) is 4.55 Å². The maximum Gasteiger partial charge on any atom is 0.294 e. The first kappa shape index (κ1) is 12.4. The summed E-state index contributed by atoms with van der Waals surface area (Å²) in [5.74, 6) is 0. The minimum Gasteiger partial charge on any atom is -0.282 e. The minimum atomic E-state index is -4.04. The van der Waals surface area contributed by atoms with E-state index in [0.29, 0.717) is 0 Å². The van der Waals surface area contributed by atoms with Crippen LogP contribution in [0.2, 0.25) is 0 Å². The first-order chi connectivity index (χ1) is 5.41. The van der Waals surface area contributed by atoms with Crippen LogP contribution in [0.4, 0.5) is 0 Å². The molecule has 1 aromatic carbocycles. The van der Waals surface area contributed by atoms with E-state index >= 15 is 0 Å². The molecule has 5 heteroatoms. The summed E-state index contributed by atoms with van der Waals surface area (Å²) in [4.78, 5) is -0.0504. The maximum absolute atomic E-state index is 10.7. The molecular formula is C8H11ClO3S. The highest BCUT2D eigenvalue weighted by Crippen LogP contribution is 2.13. The molecule has 0 atom stereocenters. The second-order valence-electron chi connectivity index (χ2n) is 2.72. The zero-order valence-corrected chi connectivity index (χ0v) is 8.95. The van der Waals surface area contributed by atoms with Crippen LogP contribution in [0.5, 0.6) is 0 Å². The third-order valence-electron chi connectivity index (χ3n) is 1.78. The van der Waals surface area contributed by atoms with Crippen LogP contribution in [0.25, 0.3) is 0 Å². The Morgan fingerprint density at radius 2 is 1.69 bits per heavy atom. The molecule has 0 aliphatic heterocycles. The van der Waals surface area contributed by atoms with E-state index < -0.39 is 10.1 Å². The molecule has 0 saturated heterocycles. The molecule has 0 aliphatic carbocycles. The van der Waals surface area contributed by atoms with Crippen molar-refractivity contribution in [2.75, 3.05) is 0 Å². The molecule has 1 N–H and O–H groups in total. The van der Waals surface area contributed by atoms with Crippen molar-refractivity contribution in [2.24, 2.45) is 0 Å². The molecule has 0 aromatic heterocycles. The topological polar surface area (TPSA) is 54.4 Å². The third kappa shape index (κ3) is 2.99. The molecule has 13 heavy (non-hydrogen) atoms. The number of hydrogen-bond donors (Lipinski definition) is 1. The summed E-state index contributed by atoms with van der Waals surface area (Å²) >= 11 is 0. The Morgan fingerprint density at radius 1 is 1.15 bits per heavy atom. The van der Waals surface area contributed by atoms with Gasteiger partial charge in [-0.05, 0) is 37.1 Å². The first-order valence-electron chi connectivity index (χ1n) is 3.46. The Labute approximate surface area is 83.9 Å².